The van der Waals surface area contributed by atoms with E-state index in [0.29, 0.717) is 12.3 Å². The van der Waals surface area contributed by atoms with Crippen molar-refractivity contribution in [3.8, 4) is 0 Å². The number of rotatable bonds is 6. The third-order valence-corrected chi connectivity index (χ3v) is 4.75. The van der Waals surface area contributed by atoms with Crippen molar-refractivity contribution in [2.45, 2.75) is 18.2 Å². The Morgan fingerprint density at radius 2 is 2.04 bits per heavy atom. The maximum atomic E-state index is 11.9. The number of hydrogen-bond donors (Lipinski definition) is 1. The largest absolute Gasteiger partial charge is 0.355 e. The van der Waals surface area contributed by atoms with Crippen molar-refractivity contribution in [3.05, 3.63) is 66.1 Å². The first-order valence-corrected chi connectivity index (χ1v) is 8.59. The number of thioether (sulfide) groups is 1. The SMILES string of the molecule is Cc1ccccc1SCC(=O)NCCc1cn2ccccc2n1. The number of carbonyl (C=O) groups is 1. The molecule has 0 bridgehead atoms. The highest BCUT2D eigenvalue weighted by Crippen LogP contribution is 2.21. The van der Waals surface area contributed by atoms with Crippen molar-refractivity contribution in [1.82, 2.24) is 14.7 Å². The zero-order chi connectivity index (χ0) is 16.1. The van der Waals surface area contributed by atoms with Gasteiger partial charge in [-0.05, 0) is 30.7 Å². The maximum Gasteiger partial charge on any atom is 0.230 e. The molecule has 1 aromatic carbocycles. The van der Waals surface area contributed by atoms with Gasteiger partial charge in [0.15, 0.2) is 0 Å². The lowest BCUT2D eigenvalue weighted by molar-refractivity contribution is -0.118. The molecule has 2 aromatic heterocycles. The number of pyridine rings is 1. The summed E-state index contributed by atoms with van der Waals surface area (Å²) in [6, 6.07) is 14.0. The molecule has 0 aliphatic rings. The van der Waals surface area contributed by atoms with E-state index in [1.54, 1.807) is 11.8 Å². The molecule has 0 saturated carbocycles. The molecule has 0 aliphatic heterocycles. The first kappa shape index (κ1) is 15.6. The van der Waals surface area contributed by atoms with Gasteiger partial charge in [-0.15, -0.1) is 11.8 Å². The van der Waals surface area contributed by atoms with Gasteiger partial charge in [-0.2, -0.15) is 0 Å². The van der Waals surface area contributed by atoms with Crippen molar-refractivity contribution in [2.75, 3.05) is 12.3 Å². The van der Waals surface area contributed by atoms with Gasteiger partial charge in [0.1, 0.15) is 5.65 Å². The Bertz CT molecular complexity index is 780. The number of amides is 1. The van der Waals surface area contributed by atoms with Crippen LogP contribution in [0.3, 0.4) is 0 Å². The molecule has 1 amide bonds. The second kappa shape index (κ2) is 7.33. The van der Waals surface area contributed by atoms with Gasteiger partial charge < -0.3 is 9.72 Å². The molecule has 4 nitrogen and oxygen atoms in total. The number of hydrogen-bond acceptors (Lipinski definition) is 3. The molecule has 0 fully saturated rings. The molecule has 118 valence electrons. The molecule has 0 radical (unpaired) electrons. The van der Waals surface area contributed by atoms with Crippen LogP contribution in [0.5, 0.6) is 0 Å². The summed E-state index contributed by atoms with van der Waals surface area (Å²) in [6.07, 6.45) is 4.72. The number of benzene rings is 1. The standard InChI is InChI=1S/C18H19N3OS/c1-14-6-2-3-7-16(14)23-13-18(22)19-10-9-15-12-21-11-5-4-8-17(21)20-15/h2-8,11-12H,9-10,13H2,1H3,(H,19,22). The summed E-state index contributed by atoms with van der Waals surface area (Å²) in [5.74, 6) is 0.498. The van der Waals surface area contributed by atoms with Crippen LogP contribution >= 0.6 is 11.8 Å². The fourth-order valence-electron chi connectivity index (χ4n) is 2.35. The number of fused-ring (bicyclic) bond motifs is 1. The van der Waals surface area contributed by atoms with Crippen molar-refractivity contribution in [3.63, 3.8) is 0 Å². The van der Waals surface area contributed by atoms with Crippen LogP contribution in [0.15, 0.2) is 59.8 Å². The molecule has 3 rings (SSSR count). The minimum absolute atomic E-state index is 0.0574. The predicted octanol–water partition coefficient (Wildman–Crippen LogP) is 3.09. The van der Waals surface area contributed by atoms with Crippen LogP contribution in [0.1, 0.15) is 11.3 Å². The van der Waals surface area contributed by atoms with E-state index in [1.807, 2.05) is 53.2 Å². The van der Waals surface area contributed by atoms with Gasteiger partial charge in [-0.1, -0.05) is 24.3 Å². The summed E-state index contributed by atoms with van der Waals surface area (Å²) in [7, 11) is 0. The molecule has 0 spiro atoms. The second-order valence-corrected chi connectivity index (χ2v) is 6.37. The Labute approximate surface area is 139 Å². The van der Waals surface area contributed by atoms with E-state index < -0.39 is 0 Å². The summed E-state index contributed by atoms with van der Waals surface area (Å²) in [5, 5.41) is 2.96. The zero-order valence-corrected chi connectivity index (χ0v) is 13.8. The fourth-order valence-corrected chi connectivity index (χ4v) is 3.21. The van der Waals surface area contributed by atoms with E-state index >= 15 is 0 Å². The molecule has 5 heteroatoms. The van der Waals surface area contributed by atoms with Gasteiger partial charge in [0.25, 0.3) is 0 Å². The quantitative estimate of drug-likeness (QED) is 0.709. The Morgan fingerprint density at radius 3 is 2.87 bits per heavy atom. The third-order valence-electron chi connectivity index (χ3n) is 3.57. The van der Waals surface area contributed by atoms with Gasteiger partial charge in [-0.25, -0.2) is 4.98 Å². The van der Waals surface area contributed by atoms with E-state index in [9.17, 15) is 4.79 Å². The van der Waals surface area contributed by atoms with Gasteiger partial charge in [-0.3, -0.25) is 4.79 Å². The average Bonchev–Trinajstić information content (AvgIpc) is 2.97. The van der Waals surface area contributed by atoms with E-state index in [4.69, 9.17) is 0 Å². The van der Waals surface area contributed by atoms with Crippen molar-refractivity contribution < 1.29 is 4.79 Å². The predicted molar refractivity (Wildman–Crippen MR) is 93.8 cm³/mol. The van der Waals surface area contributed by atoms with Gasteiger partial charge >= 0.3 is 0 Å². The van der Waals surface area contributed by atoms with Gasteiger partial charge in [0.2, 0.25) is 5.91 Å². The molecule has 1 N–H and O–H groups in total. The molecular formula is C18H19N3OS. The number of aromatic nitrogens is 2. The minimum atomic E-state index is 0.0574. The average molecular weight is 325 g/mol. The Morgan fingerprint density at radius 1 is 1.22 bits per heavy atom. The molecule has 3 aromatic rings. The molecule has 0 atom stereocenters. The summed E-state index contributed by atoms with van der Waals surface area (Å²) < 4.78 is 1.99. The Kier molecular flexibility index (Phi) is 4.98. The maximum absolute atomic E-state index is 11.9. The van der Waals surface area contributed by atoms with Crippen LogP contribution in [-0.2, 0) is 11.2 Å². The van der Waals surface area contributed by atoms with Crippen LogP contribution in [0.4, 0.5) is 0 Å². The second-order valence-electron chi connectivity index (χ2n) is 5.35. The summed E-state index contributed by atoms with van der Waals surface area (Å²) in [4.78, 5) is 17.6. The highest BCUT2D eigenvalue weighted by Gasteiger charge is 2.05. The van der Waals surface area contributed by atoms with Crippen LogP contribution in [0.2, 0.25) is 0 Å². The van der Waals surface area contributed by atoms with E-state index in [2.05, 4.69) is 23.3 Å². The smallest absolute Gasteiger partial charge is 0.230 e. The monoisotopic (exact) mass is 325 g/mol. The number of nitrogens with one attached hydrogen (secondary N) is 1. The Hall–Kier alpha value is -2.27. The molecule has 23 heavy (non-hydrogen) atoms. The van der Waals surface area contributed by atoms with Crippen molar-refractivity contribution in [2.24, 2.45) is 0 Å². The van der Waals surface area contributed by atoms with E-state index in [-0.39, 0.29) is 5.91 Å². The minimum Gasteiger partial charge on any atom is -0.355 e. The third kappa shape index (κ3) is 4.13. The van der Waals surface area contributed by atoms with Crippen LogP contribution in [-0.4, -0.2) is 27.6 Å². The molecular weight excluding hydrogens is 306 g/mol. The number of aryl methyl sites for hydroxylation is 1. The van der Waals surface area contributed by atoms with Crippen LogP contribution in [0.25, 0.3) is 5.65 Å². The van der Waals surface area contributed by atoms with Gasteiger partial charge in [0.05, 0.1) is 11.4 Å². The number of imidazole rings is 1. The normalized spacial score (nSPS) is 10.8. The fraction of sp³-hybridized carbons (Fsp3) is 0.222. The summed E-state index contributed by atoms with van der Waals surface area (Å²) >= 11 is 1.57. The van der Waals surface area contributed by atoms with E-state index in [0.717, 1.165) is 22.7 Å². The van der Waals surface area contributed by atoms with Crippen LogP contribution < -0.4 is 5.32 Å². The Balaban J connectivity index is 1.45. The van der Waals surface area contributed by atoms with E-state index in [1.165, 1.54) is 5.56 Å². The topological polar surface area (TPSA) is 46.4 Å². The molecule has 0 aliphatic carbocycles. The van der Waals surface area contributed by atoms with Crippen molar-refractivity contribution >= 4 is 23.3 Å². The molecule has 2 heterocycles. The first-order valence-electron chi connectivity index (χ1n) is 7.60. The first-order chi connectivity index (χ1) is 11.2. The summed E-state index contributed by atoms with van der Waals surface area (Å²) in [6.45, 7) is 2.67. The highest BCUT2D eigenvalue weighted by atomic mass is 32.2. The van der Waals surface area contributed by atoms with Crippen molar-refractivity contribution in [1.29, 1.82) is 0 Å². The molecule has 0 unspecified atom stereocenters. The zero-order valence-electron chi connectivity index (χ0n) is 13.0. The molecule has 0 saturated heterocycles. The summed E-state index contributed by atoms with van der Waals surface area (Å²) in [5.41, 5.74) is 3.13. The lowest BCUT2D eigenvalue weighted by atomic mass is 10.2. The van der Waals surface area contributed by atoms with Crippen LogP contribution in [0, 0.1) is 6.92 Å². The van der Waals surface area contributed by atoms with Gasteiger partial charge in [0, 0.05) is 30.3 Å². The lowest BCUT2D eigenvalue weighted by Gasteiger charge is -2.06. The lowest BCUT2D eigenvalue weighted by Crippen LogP contribution is -2.27. The highest BCUT2D eigenvalue weighted by molar-refractivity contribution is 8.00. The number of nitrogens with zero attached hydrogens (tertiary/aromatic N) is 2. The number of carbonyl (C=O) groups excluding carboxylic acids is 1.